The number of sulfone groups is 1. The highest BCUT2D eigenvalue weighted by Gasteiger charge is 2.33. The van der Waals surface area contributed by atoms with Gasteiger partial charge in [-0.05, 0) is 12.8 Å². The number of carbonyl (C=O) groups excluding carboxylic acids is 1. The van der Waals surface area contributed by atoms with Gasteiger partial charge < -0.3 is 10.6 Å². The van der Waals surface area contributed by atoms with Gasteiger partial charge >= 0.3 is 0 Å². The molecule has 16 heavy (non-hydrogen) atoms. The van der Waals surface area contributed by atoms with Crippen LogP contribution < -0.4 is 5.73 Å². The lowest BCUT2D eigenvalue weighted by Crippen LogP contribution is -2.46. The van der Waals surface area contributed by atoms with Crippen molar-refractivity contribution in [1.29, 1.82) is 0 Å². The number of carbonyl (C=O) groups is 1. The van der Waals surface area contributed by atoms with Crippen LogP contribution in [0.3, 0.4) is 0 Å². The Kier molecular flexibility index (Phi) is 4.32. The van der Waals surface area contributed by atoms with Gasteiger partial charge in [0.25, 0.3) is 0 Å². The van der Waals surface area contributed by atoms with Crippen LogP contribution in [0.25, 0.3) is 0 Å². The van der Waals surface area contributed by atoms with Crippen LogP contribution in [0.15, 0.2) is 0 Å². The number of hydrogen-bond acceptors (Lipinski definition) is 4. The number of amides is 1. The summed E-state index contributed by atoms with van der Waals surface area (Å²) in [4.78, 5) is 13.3. The standard InChI is InChI=1S/C10H20N2O3S/c1-3-4-9(11)10(13)12(2)8-5-6-16(14,15)7-8/h8-9H,3-7,11H2,1-2H3/t8?,9-/m0/s1. The Hall–Kier alpha value is -0.620. The van der Waals surface area contributed by atoms with Crippen LogP contribution in [0.5, 0.6) is 0 Å². The molecule has 0 aromatic heterocycles. The van der Waals surface area contributed by atoms with E-state index in [0.29, 0.717) is 12.8 Å². The first kappa shape index (κ1) is 13.4. The molecule has 0 bridgehead atoms. The first-order valence-corrected chi connectivity index (χ1v) is 7.42. The molecule has 1 rings (SSSR count). The van der Waals surface area contributed by atoms with Crippen molar-refractivity contribution in [2.75, 3.05) is 18.6 Å². The molecule has 1 unspecified atom stereocenters. The Balaban J connectivity index is 2.58. The Labute approximate surface area is 96.9 Å². The summed E-state index contributed by atoms with van der Waals surface area (Å²) in [6.45, 7) is 1.97. The molecule has 1 amide bonds. The lowest BCUT2D eigenvalue weighted by atomic mass is 10.1. The minimum atomic E-state index is -2.95. The topological polar surface area (TPSA) is 80.5 Å². The largest absolute Gasteiger partial charge is 0.340 e. The third-order valence-corrected chi connectivity index (χ3v) is 4.77. The van der Waals surface area contributed by atoms with Gasteiger partial charge in [0.1, 0.15) is 0 Å². The second-order valence-electron chi connectivity index (χ2n) is 4.40. The predicted molar refractivity (Wildman–Crippen MR) is 62.7 cm³/mol. The van der Waals surface area contributed by atoms with Crippen molar-refractivity contribution in [3.63, 3.8) is 0 Å². The van der Waals surface area contributed by atoms with E-state index >= 15 is 0 Å². The molecule has 94 valence electrons. The lowest BCUT2D eigenvalue weighted by Gasteiger charge is -2.26. The van der Waals surface area contributed by atoms with E-state index in [1.807, 2.05) is 6.92 Å². The first-order chi connectivity index (χ1) is 7.37. The summed E-state index contributed by atoms with van der Waals surface area (Å²) in [5.41, 5.74) is 5.72. The zero-order valence-electron chi connectivity index (χ0n) is 9.85. The molecule has 1 aliphatic rings. The summed E-state index contributed by atoms with van der Waals surface area (Å²) in [6, 6.07) is -0.696. The molecule has 0 spiro atoms. The van der Waals surface area contributed by atoms with Crippen molar-refractivity contribution in [3.8, 4) is 0 Å². The molecule has 0 radical (unpaired) electrons. The Morgan fingerprint density at radius 2 is 2.19 bits per heavy atom. The third kappa shape index (κ3) is 3.18. The van der Waals surface area contributed by atoms with Crippen molar-refractivity contribution in [2.45, 2.75) is 38.3 Å². The molecule has 0 aromatic rings. The van der Waals surface area contributed by atoms with E-state index in [1.165, 1.54) is 4.90 Å². The van der Waals surface area contributed by atoms with Gasteiger partial charge in [0.05, 0.1) is 17.5 Å². The number of hydrogen-bond donors (Lipinski definition) is 1. The zero-order chi connectivity index (χ0) is 12.3. The summed E-state index contributed by atoms with van der Waals surface area (Å²) in [7, 11) is -1.30. The molecule has 1 fully saturated rings. The molecule has 0 saturated carbocycles. The van der Waals surface area contributed by atoms with Crippen molar-refractivity contribution in [3.05, 3.63) is 0 Å². The fraction of sp³-hybridized carbons (Fsp3) is 0.900. The van der Waals surface area contributed by atoms with Crippen LogP contribution >= 0.6 is 0 Å². The average molecular weight is 248 g/mol. The molecule has 1 heterocycles. The fourth-order valence-corrected chi connectivity index (χ4v) is 3.73. The lowest BCUT2D eigenvalue weighted by molar-refractivity contribution is -0.133. The van der Waals surface area contributed by atoms with E-state index in [2.05, 4.69) is 0 Å². The molecule has 2 atom stereocenters. The quantitative estimate of drug-likeness (QED) is 0.744. The summed E-state index contributed by atoms with van der Waals surface area (Å²) in [6.07, 6.45) is 2.02. The molecular formula is C10H20N2O3S. The van der Waals surface area contributed by atoms with Crippen molar-refractivity contribution in [2.24, 2.45) is 5.73 Å². The van der Waals surface area contributed by atoms with E-state index in [1.54, 1.807) is 7.05 Å². The summed E-state index contributed by atoms with van der Waals surface area (Å²) < 4.78 is 22.6. The minimum absolute atomic E-state index is 0.0775. The zero-order valence-corrected chi connectivity index (χ0v) is 10.7. The van der Waals surface area contributed by atoms with Gasteiger partial charge in [-0.2, -0.15) is 0 Å². The van der Waals surface area contributed by atoms with Crippen molar-refractivity contribution >= 4 is 15.7 Å². The summed E-state index contributed by atoms with van der Waals surface area (Å²) in [5.74, 6) is 0.107. The van der Waals surface area contributed by atoms with E-state index in [4.69, 9.17) is 5.73 Å². The Bertz CT molecular complexity index is 353. The smallest absolute Gasteiger partial charge is 0.239 e. The van der Waals surface area contributed by atoms with Gasteiger partial charge in [0.15, 0.2) is 9.84 Å². The van der Waals surface area contributed by atoms with Gasteiger partial charge in [-0.25, -0.2) is 8.42 Å². The Morgan fingerprint density at radius 3 is 2.62 bits per heavy atom. The van der Waals surface area contributed by atoms with Crippen LogP contribution in [0, 0.1) is 0 Å². The van der Waals surface area contributed by atoms with Crippen LogP contribution in [0.2, 0.25) is 0 Å². The van der Waals surface area contributed by atoms with Gasteiger partial charge in [0.2, 0.25) is 5.91 Å². The third-order valence-electron chi connectivity index (χ3n) is 3.02. The monoisotopic (exact) mass is 248 g/mol. The van der Waals surface area contributed by atoms with E-state index in [9.17, 15) is 13.2 Å². The second-order valence-corrected chi connectivity index (χ2v) is 6.63. The van der Waals surface area contributed by atoms with Gasteiger partial charge in [-0.3, -0.25) is 4.79 Å². The normalized spacial score (nSPS) is 25.3. The molecular weight excluding hydrogens is 228 g/mol. The number of likely N-dealkylation sites (N-methyl/N-ethyl adjacent to an activating group) is 1. The fourth-order valence-electron chi connectivity index (χ4n) is 1.96. The molecule has 2 N–H and O–H groups in total. The van der Waals surface area contributed by atoms with Gasteiger partial charge in [-0.1, -0.05) is 13.3 Å². The van der Waals surface area contributed by atoms with Gasteiger partial charge in [-0.15, -0.1) is 0 Å². The van der Waals surface area contributed by atoms with Crippen LogP contribution in [0.4, 0.5) is 0 Å². The number of nitrogens with zero attached hydrogens (tertiary/aromatic N) is 1. The first-order valence-electron chi connectivity index (χ1n) is 5.60. The van der Waals surface area contributed by atoms with Crippen LogP contribution in [0.1, 0.15) is 26.2 Å². The highest BCUT2D eigenvalue weighted by Crippen LogP contribution is 2.17. The predicted octanol–water partition coefficient (Wildman–Crippen LogP) is -0.241. The molecule has 0 aromatic carbocycles. The average Bonchev–Trinajstić information content (AvgIpc) is 2.57. The maximum Gasteiger partial charge on any atom is 0.239 e. The van der Waals surface area contributed by atoms with Crippen LogP contribution in [-0.2, 0) is 14.6 Å². The van der Waals surface area contributed by atoms with Crippen LogP contribution in [-0.4, -0.2) is 49.9 Å². The maximum absolute atomic E-state index is 11.8. The van der Waals surface area contributed by atoms with E-state index < -0.39 is 15.9 Å². The molecule has 5 nitrogen and oxygen atoms in total. The second kappa shape index (κ2) is 5.14. The number of rotatable bonds is 4. The number of nitrogens with two attached hydrogens (primary N) is 1. The van der Waals surface area contributed by atoms with Crippen molar-refractivity contribution in [1.82, 2.24) is 4.90 Å². The summed E-state index contributed by atoms with van der Waals surface area (Å²) >= 11 is 0. The van der Waals surface area contributed by atoms with E-state index in [0.717, 1.165) is 6.42 Å². The summed E-state index contributed by atoms with van der Waals surface area (Å²) in [5, 5.41) is 0. The Morgan fingerprint density at radius 1 is 1.56 bits per heavy atom. The molecule has 1 saturated heterocycles. The maximum atomic E-state index is 11.8. The minimum Gasteiger partial charge on any atom is -0.340 e. The van der Waals surface area contributed by atoms with E-state index in [-0.39, 0.29) is 23.5 Å². The molecule has 1 aliphatic heterocycles. The van der Waals surface area contributed by atoms with Gasteiger partial charge in [0, 0.05) is 13.1 Å². The highest BCUT2D eigenvalue weighted by atomic mass is 32.2. The van der Waals surface area contributed by atoms with Crippen molar-refractivity contribution < 1.29 is 13.2 Å². The molecule has 6 heteroatoms. The molecule has 0 aliphatic carbocycles. The SMILES string of the molecule is CCC[C@H](N)C(=O)N(C)C1CCS(=O)(=O)C1. The highest BCUT2D eigenvalue weighted by molar-refractivity contribution is 7.91.